The van der Waals surface area contributed by atoms with Crippen LogP contribution in [-0.2, 0) is 4.74 Å². The maximum atomic E-state index is 8.85. The number of aliphatic hydroxyl groups excluding tert-OH is 1. The largest absolute Gasteiger partial charge is 0.368 e. The van der Waals surface area contributed by atoms with Crippen molar-refractivity contribution >= 4 is 0 Å². The predicted octanol–water partition coefficient (Wildman–Crippen LogP) is 0.750. The van der Waals surface area contributed by atoms with Crippen molar-refractivity contribution in [3.05, 3.63) is 0 Å². The lowest BCUT2D eigenvalue weighted by molar-refractivity contribution is -0.0863. The van der Waals surface area contributed by atoms with E-state index in [1.54, 1.807) is 0 Å². The lowest BCUT2D eigenvalue weighted by Crippen LogP contribution is -2.07. The molecule has 1 rings (SSSR count). The van der Waals surface area contributed by atoms with Crippen LogP contribution in [0, 0.1) is 5.92 Å². The molecular formula is C6H12O2. The lowest BCUT2D eigenvalue weighted by atomic mass is 10.1. The van der Waals surface area contributed by atoms with E-state index < -0.39 is 6.29 Å². The summed E-state index contributed by atoms with van der Waals surface area (Å²) in [7, 11) is 0. The molecule has 0 saturated carbocycles. The van der Waals surface area contributed by atoms with Gasteiger partial charge in [-0.1, -0.05) is 6.92 Å². The summed E-state index contributed by atoms with van der Waals surface area (Å²) in [5.41, 5.74) is 0. The minimum absolute atomic E-state index is 0.241. The summed E-state index contributed by atoms with van der Waals surface area (Å²) in [6, 6.07) is 0. The van der Waals surface area contributed by atoms with Gasteiger partial charge < -0.3 is 9.84 Å². The van der Waals surface area contributed by atoms with Crippen LogP contribution in [0.4, 0.5) is 0 Å². The van der Waals surface area contributed by atoms with Gasteiger partial charge in [0, 0.05) is 6.42 Å². The molecule has 0 amide bonds. The molecule has 0 radical (unpaired) electrons. The van der Waals surface area contributed by atoms with Crippen LogP contribution in [-0.4, -0.2) is 17.5 Å². The summed E-state index contributed by atoms with van der Waals surface area (Å²) >= 11 is 0. The minimum Gasteiger partial charge on any atom is -0.368 e. The molecule has 1 unspecified atom stereocenters. The fraction of sp³-hybridized carbons (Fsp3) is 1.00. The van der Waals surface area contributed by atoms with E-state index in [1.165, 1.54) is 0 Å². The predicted molar refractivity (Wildman–Crippen MR) is 30.3 cm³/mol. The van der Waals surface area contributed by atoms with Gasteiger partial charge in [0.15, 0.2) is 6.29 Å². The van der Waals surface area contributed by atoms with Gasteiger partial charge >= 0.3 is 0 Å². The van der Waals surface area contributed by atoms with Crippen molar-refractivity contribution in [1.82, 2.24) is 0 Å². The molecule has 1 fully saturated rings. The fourth-order valence-electron chi connectivity index (χ4n) is 0.947. The topological polar surface area (TPSA) is 29.5 Å². The zero-order valence-corrected chi connectivity index (χ0v) is 5.29. The van der Waals surface area contributed by atoms with Crippen molar-refractivity contribution in [2.24, 2.45) is 5.92 Å². The normalized spacial score (nSPS) is 47.6. The number of aliphatic hydroxyl groups is 1. The second kappa shape index (κ2) is 2.03. The first kappa shape index (κ1) is 6.05. The first-order valence-corrected chi connectivity index (χ1v) is 3.03. The number of rotatable bonds is 0. The lowest BCUT2D eigenvalue weighted by Gasteiger charge is -2.04. The quantitative estimate of drug-likeness (QED) is 0.506. The molecule has 8 heavy (non-hydrogen) atoms. The van der Waals surface area contributed by atoms with Crippen molar-refractivity contribution in [3.8, 4) is 0 Å². The van der Waals surface area contributed by atoms with Crippen LogP contribution in [0.1, 0.15) is 20.3 Å². The molecule has 1 heterocycles. The Balaban J connectivity index is 2.39. The molecule has 0 spiro atoms. The Kier molecular flexibility index (Phi) is 1.54. The third-order valence-corrected chi connectivity index (χ3v) is 1.75. The highest BCUT2D eigenvalue weighted by Crippen LogP contribution is 2.23. The Morgan fingerprint density at radius 2 is 2.12 bits per heavy atom. The smallest absolute Gasteiger partial charge is 0.155 e. The third-order valence-electron chi connectivity index (χ3n) is 1.75. The van der Waals surface area contributed by atoms with Crippen molar-refractivity contribution < 1.29 is 9.84 Å². The molecule has 1 aliphatic rings. The second-order valence-electron chi connectivity index (χ2n) is 2.51. The van der Waals surface area contributed by atoms with Gasteiger partial charge in [-0.3, -0.25) is 0 Å². The maximum Gasteiger partial charge on any atom is 0.155 e. The van der Waals surface area contributed by atoms with Gasteiger partial charge in [-0.15, -0.1) is 0 Å². The zero-order chi connectivity index (χ0) is 6.15. The molecule has 2 nitrogen and oxygen atoms in total. The van der Waals surface area contributed by atoms with Crippen molar-refractivity contribution in [2.45, 2.75) is 32.7 Å². The molecular weight excluding hydrogens is 104 g/mol. The fourth-order valence-corrected chi connectivity index (χ4v) is 0.947. The summed E-state index contributed by atoms with van der Waals surface area (Å²) in [4.78, 5) is 0. The van der Waals surface area contributed by atoms with Gasteiger partial charge in [0.25, 0.3) is 0 Å². The van der Waals surface area contributed by atoms with E-state index in [1.807, 2.05) is 6.92 Å². The molecule has 3 atom stereocenters. The van der Waals surface area contributed by atoms with E-state index in [0.717, 1.165) is 6.42 Å². The van der Waals surface area contributed by atoms with Gasteiger partial charge in [-0.25, -0.2) is 0 Å². The highest BCUT2D eigenvalue weighted by molar-refractivity contribution is 4.69. The Labute approximate surface area is 49.5 Å². The van der Waals surface area contributed by atoms with Gasteiger partial charge in [0.1, 0.15) is 0 Å². The first-order chi connectivity index (χ1) is 3.70. The molecule has 0 aliphatic carbocycles. The van der Waals surface area contributed by atoms with Crippen LogP contribution in [0.5, 0.6) is 0 Å². The van der Waals surface area contributed by atoms with E-state index in [0.29, 0.717) is 5.92 Å². The SMILES string of the molecule is C[C@@H]1CC(O)O[C@H]1C. The minimum atomic E-state index is -0.500. The van der Waals surface area contributed by atoms with E-state index in [-0.39, 0.29) is 6.10 Å². The van der Waals surface area contributed by atoms with E-state index in [4.69, 9.17) is 9.84 Å². The van der Waals surface area contributed by atoms with Gasteiger partial charge in [0.05, 0.1) is 6.10 Å². The number of ether oxygens (including phenoxy) is 1. The third kappa shape index (κ3) is 1.01. The monoisotopic (exact) mass is 116 g/mol. The number of hydrogen-bond donors (Lipinski definition) is 1. The zero-order valence-electron chi connectivity index (χ0n) is 5.29. The molecule has 1 aliphatic heterocycles. The highest BCUT2D eigenvalue weighted by atomic mass is 16.6. The van der Waals surface area contributed by atoms with E-state index in [9.17, 15) is 0 Å². The maximum absolute atomic E-state index is 8.85. The van der Waals surface area contributed by atoms with Crippen LogP contribution in [0.25, 0.3) is 0 Å². The van der Waals surface area contributed by atoms with Gasteiger partial charge in [-0.2, -0.15) is 0 Å². The standard InChI is InChI=1S/C6H12O2/c1-4-3-6(7)8-5(4)2/h4-7H,3H2,1-2H3/t4-,5+,6?/m1/s1. The van der Waals surface area contributed by atoms with Crippen LogP contribution in [0.3, 0.4) is 0 Å². The van der Waals surface area contributed by atoms with Crippen molar-refractivity contribution in [3.63, 3.8) is 0 Å². The van der Waals surface area contributed by atoms with Crippen molar-refractivity contribution in [1.29, 1.82) is 0 Å². The second-order valence-corrected chi connectivity index (χ2v) is 2.51. The molecule has 0 aromatic rings. The summed E-state index contributed by atoms with van der Waals surface area (Å²) in [6.45, 7) is 4.07. The molecule has 0 bridgehead atoms. The van der Waals surface area contributed by atoms with E-state index >= 15 is 0 Å². The average molecular weight is 116 g/mol. The Morgan fingerprint density at radius 1 is 1.50 bits per heavy atom. The summed E-state index contributed by atoms with van der Waals surface area (Å²) < 4.78 is 5.03. The Morgan fingerprint density at radius 3 is 2.25 bits per heavy atom. The van der Waals surface area contributed by atoms with E-state index in [2.05, 4.69) is 6.92 Å². The summed E-state index contributed by atoms with van der Waals surface area (Å²) in [5.74, 6) is 0.519. The molecule has 48 valence electrons. The Bertz CT molecular complexity index is 72.6. The summed E-state index contributed by atoms with van der Waals surface area (Å²) in [5, 5.41) is 8.85. The molecule has 1 saturated heterocycles. The van der Waals surface area contributed by atoms with Crippen molar-refractivity contribution in [2.75, 3.05) is 0 Å². The summed E-state index contributed by atoms with van der Waals surface area (Å²) in [6.07, 6.45) is 0.534. The average Bonchev–Trinajstić information content (AvgIpc) is 1.85. The van der Waals surface area contributed by atoms with Crippen LogP contribution >= 0.6 is 0 Å². The van der Waals surface area contributed by atoms with Crippen LogP contribution in [0.15, 0.2) is 0 Å². The Hall–Kier alpha value is -0.0800. The van der Waals surface area contributed by atoms with Gasteiger partial charge in [-0.05, 0) is 12.8 Å². The van der Waals surface area contributed by atoms with Crippen LogP contribution < -0.4 is 0 Å². The molecule has 0 aromatic carbocycles. The highest BCUT2D eigenvalue weighted by Gasteiger charge is 2.26. The molecule has 0 aromatic heterocycles. The first-order valence-electron chi connectivity index (χ1n) is 3.03. The molecule has 2 heteroatoms. The van der Waals surface area contributed by atoms with Crippen LogP contribution in [0.2, 0.25) is 0 Å². The molecule has 1 N–H and O–H groups in total. The van der Waals surface area contributed by atoms with Gasteiger partial charge in [0.2, 0.25) is 0 Å². The number of hydrogen-bond acceptors (Lipinski definition) is 2.